The molecule has 0 aromatic carbocycles. The topological polar surface area (TPSA) is 91.4 Å². The molecule has 0 saturated carbocycles. The fraction of sp³-hybridized carbons (Fsp3) is 0.778. The first-order valence-electron chi connectivity index (χ1n) is 9.53. The van der Waals surface area contributed by atoms with Crippen molar-refractivity contribution in [1.82, 2.24) is 25.0 Å². The molecule has 26 heavy (non-hydrogen) atoms. The monoisotopic (exact) mass is 363 g/mol. The van der Waals surface area contributed by atoms with Gasteiger partial charge in [-0.15, -0.1) is 0 Å². The minimum atomic E-state index is -0.304. The molecule has 2 amide bonds. The molecule has 8 heteroatoms. The zero-order valence-electron chi connectivity index (χ0n) is 15.9. The lowest BCUT2D eigenvalue weighted by molar-refractivity contribution is -0.141. The van der Waals surface area contributed by atoms with Gasteiger partial charge in [0.05, 0.1) is 0 Å². The first-order chi connectivity index (χ1) is 12.5. The molecule has 0 bridgehead atoms. The van der Waals surface area contributed by atoms with Crippen LogP contribution in [0.2, 0.25) is 0 Å². The van der Waals surface area contributed by atoms with Crippen LogP contribution in [0.1, 0.15) is 50.8 Å². The predicted molar refractivity (Wildman–Crippen MR) is 95.2 cm³/mol. The average Bonchev–Trinajstić information content (AvgIpc) is 2.95. The van der Waals surface area contributed by atoms with E-state index in [0.29, 0.717) is 44.5 Å². The summed E-state index contributed by atoms with van der Waals surface area (Å²) >= 11 is 0. The third kappa shape index (κ3) is 4.06. The molecule has 1 aromatic heterocycles. The van der Waals surface area contributed by atoms with Gasteiger partial charge in [-0.2, -0.15) is 5.10 Å². The van der Waals surface area contributed by atoms with Gasteiger partial charge >= 0.3 is 0 Å². The molecule has 8 nitrogen and oxygen atoms in total. The van der Waals surface area contributed by atoms with E-state index in [2.05, 4.69) is 15.2 Å². The number of hydrogen-bond acceptors (Lipinski definition) is 5. The Morgan fingerprint density at radius 3 is 2.58 bits per heavy atom. The van der Waals surface area contributed by atoms with Gasteiger partial charge in [0.1, 0.15) is 11.9 Å². The standard InChI is InChI=1S/C18H29N5O3/c1-12(2)17(24)23-8-4-7-22(18(25)14-5-9-26-10-6-14)11-15(23)16-19-13(3)20-21-16/h12,14-15H,4-11H2,1-3H3,(H,19,20,21). The number of ether oxygens (including phenoxy) is 1. The number of amides is 2. The Balaban J connectivity index is 1.83. The van der Waals surface area contributed by atoms with Crippen LogP contribution in [0.5, 0.6) is 0 Å². The maximum atomic E-state index is 13.0. The molecule has 144 valence electrons. The van der Waals surface area contributed by atoms with Gasteiger partial charge in [-0.1, -0.05) is 13.8 Å². The van der Waals surface area contributed by atoms with E-state index in [1.165, 1.54) is 0 Å². The zero-order chi connectivity index (χ0) is 18.7. The highest BCUT2D eigenvalue weighted by molar-refractivity contribution is 5.80. The van der Waals surface area contributed by atoms with Gasteiger partial charge < -0.3 is 14.5 Å². The lowest BCUT2D eigenvalue weighted by atomic mass is 9.98. The van der Waals surface area contributed by atoms with Gasteiger partial charge in [0, 0.05) is 44.7 Å². The third-order valence-corrected chi connectivity index (χ3v) is 5.17. The van der Waals surface area contributed by atoms with Gasteiger partial charge in [-0.05, 0) is 26.2 Å². The van der Waals surface area contributed by atoms with E-state index in [-0.39, 0.29) is 29.7 Å². The maximum absolute atomic E-state index is 13.0. The second-order valence-electron chi connectivity index (χ2n) is 7.51. The molecular weight excluding hydrogens is 334 g/mol. The lowest BCUT2D eigenvalue weighted by Gasteiger charge is -2.33. The summed E-state index contributed by atoms with van der Waals surface area (Å²) in [5.74, 6) is 1.47. The molecule has 2 saturated heterocycles. The molecule has 2 aliphatic heterocycles. The highest BCUT2D eigenvalue weighted by Crippen LogP contribution is 2.27. The summed E-state index contributed by atoms with van der Waals surface area (Å²) in [5.41, 5.74) is 0. The van der Waals surface area contributed by atoms with Crippen LogP contribution in [0.25, 0.3) is 0 Å². The molecule has 0 spiro atoms. The van der Waals surface area contributed by atoms with Crippen molar-refractivity contribution in [2.45, 2.75) is 46.1 Å². The van der Waals surface area contributed by atoms with Crippen LogP contribution < -0.4 is 0 Å². The largest absolute Gasteiger partial charge is 0.381 e. The van der Waals surface area contributed by atoms with Crippen molar-refractivity contribution in [3.8, 4) is 0 Å². The van der Waals surface area contributed by atoms with Gasteiger partial charge in [0.2, 0.25) is 11.8 Å². The number of nitrogens with one attached hydrogen (secondary N) is 1. The molecule has 1 unspecified atom stereocenters. The molecule has 2 aliphatic rings. The zero-order valence-corrected chi connectivity index (χ0v) is 15.9. The summed E-state index contributed by atoms with van der Waals surface area (Å²) in [5, 5.41) is 7.15. The van der Waals surface area contributed by atoms with Crippen LogP contribution in [0.3, 0.4) is 0 Å². The van der Waals surface area contributed by atoms with E-state index in [0.717, 1.165) is 19.3 Å². The van der Waals surface area contributed by atoms with E-state index < -0.39 is 0 Å². The molecule has 3 rings (SSSR count). The van der Waals surface area contributed by atoms with E-state index in [9.17, 15) is 9.59 Å². The van der Waals surface area contributed by atoms with Crippen molar-refractivity contribution in [3.05, 3.63) is 11.6 Å². The molecule has 2 fully saturated rings. The normalized spacial score (nSPS) is 22.5. The van der Waals surface area contributed by atoms with E-state index in [1.807, 2.05) is 30.6 Å². The summed E-state index contributed by atoms with van der Waals surface area (Å²) in [4.78, 5) is 34.0. The minimum Gasteiger partial charge on any atom is -0.381 e. The van der Waals surface area contributed by atoms with E-state index in [4.69, 9.17) is 4.74 Å². The van der Waals surface area contributed by atoms with E-state index in [1.54, 1.807) is 0 Å². The first-order valence-corrected chi connectivity index (χ1v) is 9.53. The lowest BCUT2D eigenvalue weighted by Crippen LogP contribution is -2.44. The number of hydrogen-bond donors (Lipinski definition) is 1. The summed E-state index contributed by atoms with van der Waals surface area (Å²) in [6.07, 6.45) is 2.32. The molecule has 3 heterocycles. The number of aryl methyl sites for hydroxylation is 1. The number of carbonyl (C=O) groups excluding carboxylic acids is 2. The maximum Gasteiger partial charge on any atom is 0.225 e. The highest BCUT2D eigenvalue weighted by atomic mass is 16.5. The van der Waals surface area contributed by atoms with Crippen molar-refractivity contribution in [2.75, 3.05) is 32.8 Å². The van der Waals surface area contributed by atoms with Crippen molar-refractivity contribution < 1.29 is 14.3 Å². The first kappa shape index (κ1) is 18.8. The van der Waals surface area contributed by atoms with Crippen LogP contribution in [0.4, 0.5) is 0 Å². The number of nitrogens with zero attached hydrogens (tertiary/aromatic N) is 4. The van der Waals surface area contributed by atoms with Crippen molar-refractivity contribution in [3.63, 3.8) is 0 Å². The van der Waals surface area contributed by atoms with Gasteiger partial charge in [0.25, 0.3) is 0 Å². The summed E-state index contributed by atoms with van der Waals surface area (Å²) in [6.45, 7) is 8.66. The van der Waals surface area contributed by atoms with Gasteiger partial charge in [0.15, 0.2) is 5.82 Å². The SMILES string of the molecule is Cc1nc(C2CN(C(=O)C3CCOCC3)CCCN2C(=O)C(C)C)n[nH]1. The average molecular weight is 363 g/mol. The quantitative estimate of drug-likeness (QED) is 0.874. The van der Waals surface area contributed by atoms with Crippen LogP contribution in [0.15, 0.2) is 0 Å². The number of aromatic nitrogens is 3. The Labute approximate surface area is 154 Å². The number of carbonyl (C=O) groups is 2. The van der Waals surface area contributed by atoms with Gasteiger partial charge in [-0.25, -0.2) is 4.98 Å². The molecule has 0 radical (unpaired) electrons. The smallest absolute Gasteiger partial charge is 0.225 e. The Morgan fingerprint density at radius 1 is 1.23 bits per heavy atom. The third-order valence-electron chi connectivity index (χ3n) is 5.17. The van der Waals surface area contributed by atoms with Crippen LogP contribution in [-0.2, 0) is 14.3 Å². The number of aromatic amines is 1. The number of H-pyrrole nitrogens is 1. The van der Waals surface area contributed by atoms with Crippen LogP contribution in [-0.4, -0.2) is 69.6 Å². The predicted octanol–water partition coefficient (Wildman–Crippen LogP) is 1.30. The minimum absolute atomic E-state index is 0.0191. The van der Waals surface area contributed by atoms with Crippen LogP contribution in [0, 0.1) is 18.8 Å². The van der Waals surface area contributed by atoms with Crippen molar-refractivity contribution in [1.29, 1.82) is 0 Å². The van der Waals surface area contributed by atoms with Crippen molar-refractivity contribution >= 4 is 11.8 Å². The van der Waals surface area contributed by atoms with Gasteiger partial charge in [-0.3, -0.25) is 14.7 Å². The van der Waals surface area contributed by atoms with Crippen molar-refractivity contribution in [2.24, 2.45) is 11.8 Å². The van der Waals surface area contributed by atoms with E-state index >= 15 is 0 Å². The molecule has 1 aromatic rings. The highest BCUT2D eigenvalue weighted by Gasteiger charge is 2.36. The van der Waals surface area contributed by atoms with Crippen LogP contribution >= 0.6 is 0 Å². The summed E-state index contributed by atoms with van der Waals surface area (Å²) in [7, 11) is 0. The summed E-state index contributed by atoms with van der Waals surface area (Å²) in [6, 6.07) is -0.304. The Hall–Kier alpha value is -1.96. The Kier molecular flexibility index (Phi) is 5.90. The second kappa shape index (κ2) is 8.16. The summed E-state index contributed by atoms with van der Waals surface area (Å²) < 4.78 is 5.38. The Morgan fingerprint density at radius 2 is 1.96 bits per heavy atom. The fourth-order valence-corrected chi connectivity index (χ4v) is 3.71. The molecular formula is C18H29N5O3. The molecule has 0 aliphatic carbocycles. The molecule has 1 atom stereocenters. The fourth-order valence-electron chi connectivity index (χ4n) is 3.71. The second-order valence-corrected chi connectivity index (χ2v) is 7.51. The Bertz CT molecular complexity index is 639. The molecule has 1 N–H and O–H groups in total. The number of rotatable bonds is 3.